The number of rotatable bonds is 2. The van der Waals surface area contributed by atoms with Crippen molar-refractivity contribution in [1.82, 2.24) is 10.2 Å². The fourth-order valence-electron chi connectivity index (χ4n) is 1.73. The lowest BCUT2D eigenvalue weighted by Gasteiger charge is -2.13. The molecule has 0 aliphatic carbocycles. The Morgan fingerprint density at radius 2 is 2.31 bits per heavy atom. The molecule has 1 aromatic heterocycles. The van der Waals surface area contributed by atoms with E-state index in [4.69, 9.17) is 11.5 Å². The number of primary amides is 1. The number of amides is 2. The van der Waals surface area contributed by atoms with Crippen molar-refractivity contribution in [2.75, 3.05) is 17.2 Å². The normalized spacial score (nSPS) is 20.4. The number of nitrogens with one attached hydrogen (secondary N) is 1. The van der Waals surface area contributed by atoms with Gasteiger partial charge in [-0.1, -0.05) is 0 Å². The van der Waals surface area contributed by atoms with Gasteiger partial charge >= 0.3 is 0 Å². The number of hydrogen-bond donors (Lipinski definition) is 3. The molecule has 16 heavy (non-hydrogen) atoms. The van der Waals surface area contributed by atoms with Gasteiger partial charge in [0, 0.05) is 13.0 Å². The van der Waals surface area contributed by atoms with E-state index in [0.717, 1.165) is 0 Å². The lowest BCUT2D eigenvalue weighted by Crippen LogP contribution is -2.29. The molecular formula is C9H13N5O2. The van der Waals surface area contributed by atoms with Gasteiger partial charge in [-0.05, 0) is 6.92 Å². The molecule has 1 atom stereocenters. The predicted octanol–water partition coefficient (Wildman–Crippen LogP) is -0.861. The van der Waals surface area contributed by atoms with E-state index >= 15 is 0 Å². The van der Waals surface area contributed by atoms with Crippen molar-refractivity contribution in [3.05, 3.63) is 5.69 Å². The summed E-state index contributed by atoms with van der Waals surface area (Å²) in [4.78, 5) is 24.1. The standard InChI is InChI=1S/C9H13N5O2/c1-4-7(10)9(13-12-4)14-3-5(8(11)16)2-6(14)15/h5H,2-3,10H2,1H3,(H2,11,16)(H,12,13). The molecule has 2 amide bonds. The van der Waals surface area contributed by atoms with Crippen LogP contribution >= 0.6 is 0 Å². The third kappa shape index (κ3) is 1.50. The Labute approximate surface area is 91.8 Å². The summed E-state index contributed by atoms with van der Waals surface area (Å²) < 4.78 is 0. The first kappa shape index (κ1) is 10.5. The molecule has 1 aliphatic heterocycles. The Morgan fingerprint density at radius 3 is 2.75 bits per heavy atom. The maximum Gasteiger partial charge on any atom is 0.229 e. The molecular weight excluding hydrogens is 210 g/mol. The number of aromatic nitrogens is 2. The Morgan fingerprint density at radius 1 is 1.62 bits per heavy atom. The van der Waals surface area contributed by atoms with Crippen molar-refractivity contribution in [3.63, 3.8) is 0 Å². The van der Waals surface area contributed by atoms with Crippen LogP contribution in [0.25, 0.3) is 0 Å². The van der Waals surface area contributed by atoms with E-state index < -0.39 is 11.8 Å². The molecule has 0 spiro atoms. The van der Waals surface area contributed by atoms with Gasteiger partial charge in [0.2, 0.25) is 11.8 Å². The minimum atomic E-state index is -0.471. The smallest absolute Gasteiger partial charge is 0.229 e. The average molecular weight is 223 g/mol. The van der Waals surface area contributed by atoms with E-state index in [1.807, 2.05) is 0 Å². The molecule has 7 nitrogen and oxygen atoms in total. The highest BCUT2D eigenvalue weighted by atomic mass is 16.2. The second-order valence-corrected chi connectivity index (χ2v) is 3.89. The highest BCUT2D eigenvalue weighted by molar-refractivity contribution is 6.01. The van der Waals surface area contributed by atoms with Crippen LogP contribution in [0.15, 0.2) is 0 Å². The highest BCUT2D eigenvalue weighted by Crippen LogP contribution is 2.29. The molecule has 1 saturated heterocycles. The molecule has 7 heteroatoms. The lowest BCUT2D eigenvalue weighted by atomic mass is 10.1. The molecule has 0 bridgehead atoms. The van der Waals surface area contributed by atoms with E-state index in [1.54, 1.807) is 6.92 Å². The topological polar surface area (TPSA) is 118 Å². The van der Waals surface area contributed by atoms with Crippen molar-refractivity contribution in [1.29, 1.82) is 0 Å². The van der Waals surface area contributed by atoms with Crippen molar-refractivity contribution < 1.29 is 9.59 Å². The Kier molecular flexibility index (Phi) is 2.30. The van der Waals surface area contributed by atoms with Gasteiger partial charge in [0.25, 0.3) is 0 Å². The summed E-state index contributed by atoms with van der Waals surface area (Å²) in [6.45, 7) is 2.01. The molecule has 86 valence electrons. The van der Waals surface area contributed by atoms with Crippen molar-refractivity contribution in [2.24, 2.45) is 11.7 Å². The minimum absolute atomic E-state index is 0.126. The Hall–Kier alpha value is -2.05. The minimum Gasteiger partial charge on any atom is -0.394 e. The zero-order valence-corrected chi connectivity index (χ0v) is 8.86. The highest BCUT2D eigenvalue weighted by Gasteiger charge is 2.36. The number of hydrogen-bond acceptors (Lipinski definition) is 4. The van der Waals surface area contributed by atoms with Crippen LogP contribution in [0.2, 0.25) is 0 Å². The maximum atomic E-state index is 11.7. The summed E-state index contributed by atoms with van der Waals surface area (Å²) in [6, 6.07) is 0. The van der Waals surface area contributed by atoms with Crippen LogP contribution in [-0.2, 0) is 9.59 Å². The zero-order valence-electron chi connectivity index (χ0n) is 8.86. The van der Waals surface area contributed by atoms with Crippen molar-refractivity contribution in [3.8, 4) is 0 Å². The third-order valence-corrected chi connectivity index (χ3v) is 2.76. The number of nitrogens with zero attached hydrogens (tertiary/aromatic N) is 2. The third-order valence-electron chi connectivity index (χ3n) is 2.76. The molecule has 2 rings (SSSR count). The Balaban J connectivity index is 2.26. The first-order valence-electron chi connectivity index (χ1n) is 4.90. The molecule has 1 unspecified atom stereocenters. The second kappa shape index (κ2) is 3.51. The molecule has 2 heterocycles. The molecule has 1 aliphatic rings. The van der Waals surface area contributed by atoms with Gasteiger partial charge in [-0.15, -0.1) is 0 Å². The van der Waals surface area contributed by atoms with E-state index in [2.05, 4.69) is 10.2 Å². The fraction of sp³-hybridized carbons (Fsp3) is 0.444. The van der Waals surface area contributed by atoms with Crippen LogP contribution in [0.1, 0.15) is 12.1 Å². The van der Waals surface area contributed by atoms with Crippen molar-refractivity contribution in [2.45, 2.75) is 13.3 Å². The SMILES string of the molecule is Cc1[nH]nc(N2CC(C(N)=O)CC2=O)c1N. The predicted molar refractivity (Wildman–Crippen MR) is 57.4 cm³/mol. The number of anilines is 2. The number of aryl methyl sites for hydroxylation is 1. The zero-order chi connectivity index (χ0) is 11.9. The maximum absolute atomic E-state index is 11.7. The van der Waals surface area contributed by atoms with Crippen LogP contribution < -0.4 is 16.4 Å². The fourth-order valence-corrected chi connectivity index (χ4v) is 1.73. The molecule has 1 fully saturated rings. The molecule has 1 aromatic rings. The van der Waals surface area contributed by atoms with Crippen LogP contribution in [0.3, 0.4) is 0 Å². The molecule has 0 radical (unpaired) electrons. The number of nitrogens with two attached hydrogens (primary N) is 2. The summed E-state index contributed by atoms with van der Waals surface area (Å²) in [6.07, 6.45) is 0.126. The van der Waals surface area contributed by atoms with Crippen LogP contribution in [0, 0.1) is 12.8 Å². The van der Waals surface area contributed by atoms with Gasteiger partial charge < -0.3 is 11.5 Å². The number of nitrogen functional groups attached to an aromatic ring is 1. The number of carbonyl (C=O) groups is 2. The van der Waals surface area contributed by atoms with E-state index in [9.17, 15) is 9.59 Å². The van der Waals surface area contributed by atoms with E-state index in [-0.39, 0.29) is 18.9 Å². The van der Waals surface area contributed by atoms with E-state index in [1.165, 1.54) is 4.90 Å². The first-order chi connectivity index (χ1) is 7.50. The second-order valence-electron chi connectivity index (χ2n) is 3.89. The van der Waals surface area contributed by atoms with Crippen LogP contribution in [0.5, 0.6) is 0 Å². The quantitative estimate of drug-likeness (QED) is 0.604. The summed E-state index contributed by atoms with van der Waals surface area (Å²) in [7, 11) is 0. The first-order valence-corrected chi connectivity index (χ1v) is 4.90. The number of H-pyrrole nitrogens is 1. The summed E-state index contributed by atoms with van der Waals surface area (Å²) in [5.41, 5.74) is 12.1. The van der Waals surface area contributed by atoms with Gasteiger partial charge in [-0.3, -0.25) is 19.6 Å². The van der Waals surface area contributed by atoms with Gasteiger partial charge in [-0.25, -0.2) is 0 Å². The summed E-state index contributed by atoms with van der Waals surface area (Å²) >= 11 is 0. The molecule has 0 aromatic carbocycles. The monoisotopic (exact) mass is 223 g/mol. The number of aromatic amines is 1. The summed E-state index contributed by atoms with van der Waals surface area (Å²) in [5.74, 6) is -0.723. The van der Waals surface area contributed by atoms with Crippen LogP contribution in [-0.4, -0.2) is 28.6 Å². The number of carbonyl (C=O) groups excluding carboxylic acids is 2. The van der Waals surface area contributed by atoms with E-state index in [0.29, 0.717) is 17.2 Å². The molecule has 0 saturated carbocycles. The average Bonchev–Trinajstić information content (AvgIpc) is 2.73. The Bertz CT molecular complexity index is 453. The van der Waals surface area contributed by atoms with Gasteiger partial charge in [0.15, 0.2) is 5.82 Å². The lowest BCUT2D eigenvalue weighted by molar-refractivity contribution is -0.123. The van der Waals surface area contributed by atoms with Crippen molar-refractivity contribution >= 4 is 23.3 Å². The van der Waals surface area contributed by atoms with Crippen LogP contribution in [0.4, 0.5) is 11.5 Å². The van der Waals surface area contributed by atoms with Gasteiger partial charge in [-0.2, -0.15) is 5.10 Å². The largest absolute Gasteiger partial charge is 0.394 e. The van der Waals surface area contributed by atoms with Gasteiger partial charge in [0.05, 0.1) is 17.3 Å². The molecule has 5 N–H and O–H groups in total. The van der Waals surface area contributed by atoms with Gasteiger partial charge in [0.1, 0.15) is 0 Å². The summed E-state index contributed by atoms with van der Waals surface area (Å²) in [5, 5.41) is 6.64.